The molecule has 2 N–H and O–H groups in total. The van der Waals surface area contributed by atoms with Crippen LogP contribution in [0, 0.1) is 10.8 Å². The summed E-state index contributed by atoms with van der Waals surface area (Å²) in [6.07, 6.45) is -5.17. The molecule has 31 heavy (non-hydrogen) atoms. The molecule has 0 unspecified atom stereocenters. The molecule has 0 aliphatic carbocycles. The highest BCUT2D eigenvalue weighted by Gasteiger charge is 2.51. The molecule has 0 spiro atoms. The summed E-state index contributed by atoms with van der Waals surface area (Å²) >= 11 is 16.9. The Bertz CT molecular complexity index is 669. The van der Waals surface area contributed by atoms with Crippen LogP contribution in [0.4, 0.5) is 0 Å². The molecule has 1 fully saturated rings. The Hall–Kier alpha value is -0.840. The Morgan fingerprint density at radius 1 is 1.00 bits per heavy atom. The molecule has 0 saturated carbocycles. The summed E-state index contributed by atoms with van der Waals surface area (Å²) in [4.78, 5) is 36.8. The highest BCUT2D eigenvalue weighted by Crippen LogP contribution is 2.31. The molecule has 1 amide bonds. The molecular formula is C19H30Cl3NO8. The molecule has 12 heteroatoms. The van der Waals surface area contributed by atoms with Crippen LogP contribution >= 0.6 is 34.8 Å². The number of carbonyl (C=O) groups is 3. The van der Waals surface area contributed by atoms with Gasteiger partial charge in [-0.2, -0.15) is 0 Å². The monoisotopic (exact) mass is 505 g/mol. The summed E-state index contributed by atoms with van der Waals surface area (Å²) in [5, 5.41) is 13.2. The predicted octanol–water partition coefficient (Wildman–Crippen LogP) is 2.12. The van der Waals surface area contributed by atoms with Crippen LogP contribution in [0.3, 0.4) is 0 Å². The Morgan fingerprint density at radius 2 is 1.52 bits per heavy atom. The number of halogens is 3. The minimum atomic E-state index is -2.32. The summed E-state index contributed by atoms with van der Waals surface area (Å²) in [5.74, 6) is -2.21. The number of aliphatic hydroxyl groups is 1. The van der Waals surface area contributed by atoms with Gasteiger partial charge in [-0.3, -0.25) is 14.4 Å². The van der Waals surface area contributed by atoms with Gasteiger partial charge in [0.1, 0.15) is 24.9 Å². The number of hydrogen-bond donors (Lipinski definition) is 2. The van der Waals surface area contributed by atoms with E-state index in [-0.39, 0.29) is 6.61 Å². The van der Waals surface area contributed by atoms with Crippen molar-refractivity contribution in [2.75, 3.05) is 13.7 Å². The zero-order valence-corrected chi connectivity index (χ0v) is 20.8. The maximum Gasteiger partial charge on any atom is 0.311 e. The molecule has 1 aliphatic rings. The molecule has 1 aliphatic heterocycles. The lowest BCUT2D eigenvalue weighted by atomic mass is 9.94. The highest BCUT2D eigenvalue weighted by molar-refractivity contribution is 6.76. The van der Waals surface area contributed by atoms with Gasteiger partial charge in [0.15, 0.2) is 12.4 Å². The molecule has 1 rings (SSSR count). The maximum atomic E-state index is 12.5. The lowest BCUT2D eigenvalue weighted by molar-refractivity contribution is -0.270. The van der Waals surface area contributed by atoms with Crippen LogP contribution in [-0.2, 0) is 33.3 Å². The number of carbonyl (C=O) groups excluding carboxylic acids is 3. The molecule has 0 radical (unpaired) electrons. The van der Waals surface area contributed by atoms with Crippen molar-refractivity contribution in [1.29, 1.82) is 0 Å². The van der Waals surface area contributed by atoms with Crippen molar-refractivity contribution in [3.8, 4) is 0 Å². The summed E-state index contributed by atoms with van der Waals surface area (Å²) in [5.41, 5.74) is -1.70. The van der Waals surface area contributed by atoms with E-state index in [4.69, 9.17) is 53.8 Å². The lowest BCUT2D eigenvalue weighted by Crippen LogP contribution is -2.67. The number of esters is 2. The van der Waals surface area contributed by atoms with Gasteiger partial charge in [0.2, 0.25) is 0 Å². The number of alkyl halides is 3. The molecular weight excluding hydrogens is 477 g/mol. The predicted molar refractivity (Wildman–Crippen MR) is 114 cm³/mol. The number of rotatable bonds is 5. The van der Waals surface area contributed by atoms with Gasteiger partial charge in [-0.15, -0.1) is 0 Å². The molecule has 1 saturated heterocycles. The van der Waals surface area contributed by atoms with Crippen LogP contribution < -0.4 is 5.32 Å². The summed E-state index contributed by atoms with van der Waals surface area (Å²) < 4.78 is 19.3. The van der Waals surface area contributed by atoms with Gasteiger partial charge in [-0.1, -0.05) is 34.8 Å². The van der Waals surface area contributed by atoms with E-state index in [1.165, 1.54) is 7.11 Å². The average Bonchev–Trinajstić information content (AvgIpc) is 2.60. The average molecular weight is 507 g/mol. The zero-order valence-electron chi connectivity index (χ0n) is 18.5. The number of hydrogen-bond acceptors (Lipinski definition) is 8. The van der Waals surface area contributed by atoms with E-state index in [9.17, 15) is 19.5 Å². The molecule has 0 aromatic rings. The van der Waals surface area contributed by atoms with E-state index in [2.05, 4.69) is 5.32 Å². The fourth-order valence-corrected chi connectivity index (χ4v) is 2.62. The number of amides is 1. The van der Waals surface area contributed by atoms with Crippen LogP contribution in [0.25, 0.3) is 0 Å². The first-order valence-corrected chi connectivity index (χ1v) is 10.6. The first-order valence-electron chi connectivity index (χ1n) is 9.52. The summed E-state index contributed by atoms with van der Waals surface area (Å²) in [6.45, 7) is 9.52. The smallest absolute Gasteiger partial charge is 0.311 e. The van der Waals surface area contributed by atoms with E-state index in [0.29, 0.717) is 0 Å². The largest absolute Gasteiger partial charge is 0.462 e. The minimum absolute atomic E-state index is 0.341. The number of aliphatic hydroxyl groups excluding tert-OH is 1. The topological polar surface area (TPSA) is 120 Å². The van der Waals surface area contributed by atoms with Crippen molar-refractivity contribution in [2.24, 2.45) is 10.8 Å². The van der Waals surface area contributed by atoms with Crippen molar-refractivity contribution < 1.29 is 38.4 Å². The van der Waals surface area contributed by atoms with E-state index in [1.807, 2.05) is 0 Å². The summed E-state index contributed by atoms with van der Waals surface area (Å²) in [6, 6.07) is -1.22. The Labute approximate surface area is 196 Å². The van der Waals surface area contributed by atoms with Crippen LogP contribution in [0.2, 0.25) is 0 Å². The van der Waals surface area contributed by atoms with E-state index in [0.717, 1.165) is 0 Å². The van der Waals surface area contributed by atoms with Gasteiger partial charge in [-0.05, 0) is 41.5 Å². The van der Waals surface area contributed by atoms with Gasteiger partial charge < -0.3 is 29.4 Å². The zero-order chi connectivity index (χ0) is 24.4. The third-order valence-electron chi connectivity index (χ3n) is 4.31. The molecule has 5 atom stereocenters. The van der Waals surface area contributed by atoms with Gasteiger partial charge >= 0.3 is 11.9 Å². The Morgan fingerprint density at radius 3 is 1.94 bits per heavy atom. The number of methoxy groups -OCH3 is 1. The van der Waals surface area contributed by atoms with Gasteiger partial charge in [0.25, 0.3) is 9.70 Å². The third-order valence-corrected chi connectivity index (χ3v) is 4.82. The second kappa shape index (κ2) is 10.4. The molecule has 180 valence electrons. The SMILES string of the molecule is CO[C@@H]1O[C@H](COC(=O)C(C)(C)C)[C@@H](O)[C@H](OC(=O)C(C)(C)C)[C@H]1NC(=O)C(Cl)(Cl)Cl. The van der Waals surface area contributed by atoms with Gasteiger partial charge in [0.05, 0.1) is 10.8 Å². The summed E-state index contributed by atoms with van der Waals surface area (Å²) in [7, 11) is 1.28. The molecule has 9 nitrogen and oxygen atoms in total. The normalized spacial score (nSPS) is 27.4. The molecule has 0 aromatic heterocycles. The quantitative estimate of drug-likeness (QED) is 0.430. The number of nitrogens with one attached hydrogen (secondary N) is 1. The molecule has 1 heterocycles. The highest BCUT2D eigenvalue weighted by atomic mass is 35.6. The van der Waals surface area contributed by atoms with Gasteiger partial charge in [0, 0.05) is 7.11 Å². The van der Waals surface area contributed by atoms with Crippen LogP contribution in [0.15, 0.2) is 0 Å². The first kappa shape index (κ1) is 28.2. The van der Waals surface area contributed by atoms with Crippen molar-refractivity contribution in [2.45, 2.75) is 76.0 Å². The standard InChI is InChI=1S/C19H30Cl3NO8/c1-17(2,3)15(26)29-8-9-11(24)12(31-16(27)18(4,5)6)10(13(28-7)30-9)23-14(25)19(20,21)22/h9-13,24H,8H2,1-7H3,(H,23,25)/t9-,10-,11-,12-,13-/m1/s1. The Kier molecular flexibility index (Phi) is 9.46. The van der Waals surface area contributed by atoms with Crippen molar-refractivity contribution >= 4 is 52.6 Å². The van der Waals surface area contributed by atoms with E-state index in [1.54, 1.807) is 41.5 Å². The molecule has 0 bridgehead atoms. The fourth-order valence-electron chi connectivity index (χ4n) is 2.46. The first-order chi connectivity index (χ1) is 13.9. The maximum absolute atomic E-state index is 12.5. The second-order valence-electron chi connectivity index (χ2n) is 9.23. The third kappa shape index (κ3) is 7.91. The minimum Gasteiger partial charge on any atom is -0.462 e. The molecule has 0 aromatic carbocycles. The van der Waals surface area contributed by atoms with Crippen molar-refractivity contribution in [3.05, 3.63) is 0 Å². The fraction of sp³-hybridized carbons (Fsp3) is 0.842. The van der Waals surface area contributed by atoms with Crippen molar-refractivity contribution in [1.82, 2.24) is 5.32 Å². The lowest BCUT2D eigenvalue weighted by Gasteiger charge is -2.44. The van der Waals surface area contributed by atoms with E-state index < -0.39 is 63.1 Å². The van der Waals surface area contributed by atoms with Crippen LogP contribution in [-0.4, -0.2) is 71.1 Å². The van der Waals surface area contributed by atoms with Gasteiger partial charge in [-0.25, -0.2) is 0 Å². The second-order valence-corrected chi connectivity index (χ2v) is 11.5. The van der Waals surface area contributed by atoms with Crippen LogP contribution in [0.5, 0.6) is 0 Å². The van der Waals surface area contributed by atoms with Crippen LogP contribution in [0.1, 0.15) is 41.5 Å². The van der Waals surface area contributed by atoms with E-state index >= 15 is 0 Å². The number of ether oxygens (including phenoxy) is 4. The Balaban J connectivity index is 3.18. The van der Waals surface area contributed by atoms with Crippen molar-refractivity contribution in [3.63, 3.8) is 0 Å².